The normalized spacial score (nSPS) is 9.85. The zero-order valence-electron chi connectivity index (χ0n) is 9.89. The Bertz CT molecular complexity index is 726. The summed E-state index contributed by atoms with van der Waals surface area (Å²) in [6.07, 6.45) is 1.51. The number of anilines is 2. The smallest absolute Gasteiger partial charge is 0.339 e. The molecule has 0 aliphatic rings. The van der Waals surface area contributed by atoms with Crippen molar-refractivity contribution in [1.29, 1.82) is 5.26 Å². The van der Waals surface area contributed by atoms with E-state index in [9.17, 15) is 4.79 Å². The minimum Gasteiger partial charge on any atom is -0.478 e. The quantitative estimate of drug-likeness (QED) is 0.820. The van der Waals surface area contributed by atoms with Crippen molar-refractivity contribution in [3.05, 3.63) is 50.5 Å². The first kappa shape index (κ1) is 14.5. The third-order valence-corrected chi connectivity index (χ3v) is 3.53. The number of pyridine rings is 1. The summed E-state index contributed by atoms with van der Waals surface area (Å²) in [4.78, 5) is 15.2. The highest BCUT2D eigenvalue weighted by molar-refractivity contribution is 9.10. The Morgan fingerprint density at radius 1 is 1.35 bits per heavy atom. The Hall–Kier alpha value is -1.91. The van der Waals surface area contributed by atoms with Crippen molar-refractivity contribution in [2.24, 2.45) is 0 Å². The molecule has 1 heterocycles. The van der Waals surface area contributed by atoms with Crippen LogP contribution in [0.1, 0.15) is 15.9 Å². The van der Waals surface area contributed by atoms with E-state index >= 15 is 0 Å². The maximum absolute atomic E-state index is 11.2. The number of halogens is 2. The molecule has 0 unspecified atom stereocenters. The van der Waals surface area contributed by atoms with Crippen molar-refractivity contribution >= 4 is 49.3 Å². The highest BCUT2D eigenvalue weighted by Crippen LogP contribution is 2.28. The number of hydrogen-bond donors (Lipinski definition) is 2. The molecule has 1 aromatic heterocycles. The van der Waals surface area contributed by atoms with E-state index in [-0.39, 0.29) is 11.4 Å². The van der Waals surface area contributed by atoms with E-state index in [0.717, 1.165) is 0 Å². The second-order valence-electron chi connectivity index (χ2n) is 3.79. The monoisotopic (exact) mass is 395 g/mol. The van der Waals surface area contributed by atoms with E-state index in [0.29, 0.717) is 20.2 Å². The molecule has 0 radical (unpaired) electrons. The van der Waals surface area contributed by atoms with Crippen LogP contribution in [0.2, 0.25) is 0 Å². The van der Waals surface area contributed by atoms with Crippen LogP contribution in [-0.2, 0) is 0 Å². The average Bonchev–Trinajstić information content (AvgIpc) is 2.42. The van der Waals surface area contributed by atoms with Crippen molar-refractivity contribution in [1.82, 2.24) is 4.98 Å². The summed E-state index contributed by atoms with van der Waals surface area (Å²) in [5, 5.41) is 20.9. The molecule has 0 bridgehead atoms. The van der Waals surface area contributed by atoms with Crippen molar-refractivity contribution < 1.29 is 9.90 Å². The molecule has 0 aliphatic carbocycles. The fourth-order valence-corrected chi connectivity index (χ4v) is 2.32. The Kier molecular flexibility index (Phi) is 4.37. The maximum atomic E-state index is 11.2. The fourth-order valence-electron chi connectivity index (χ4n) is 1.52. The average molecular weight is 397 g/mol. The number of rotatable bonds is 3. The summed E-state index contributed by atoms with van der Waals surface area (Å²) >= 11 is 6.51. The van der Waals surface area contributed by atoms with Crippen LogP contribution in [-0.4, -0.2) is 16.1 Å². The molecule has 20 heavy (non-hydrogen) atoms. The number of aromatic carboxylic acids is 1. The number of benzene rings is 1. The minimum absolute atomic E-state index is 0.0515. The summed E-state index contributed by atoms with van der Waals surface area (Å²) < 4.78 is 1.23. The van der Waals surface area contributed by atoms with Crippen LogP contribution in [0.4, 0.5) is 11.5 Å². The van der Waals surface area contributed by atoms with E-state index in [1.165, 1.54) is 12.3 Å². The van der Waals surface area contributed by atoms with Crippen LogP contribution in [0.3, 0.4) is 0 Å². The molecule has 100 valence electrons. The zero-order valence-corrected chi connectivity index (χ0v) is 13.1. The zero-order chi connectivity index (χ0) is 14.7. The van der Waals surface area contributed by atoms with Crippen molar-refractivity contribution in [3.63, 3.8) is 0 Å². The highest BCUT2D eigenvalue weighted by atomic mass is 79.9. The van der Waals surface area contributed by atoms with Crippen molar-refractivity contribution in [3.8, 4) is 6.07 Å². The SMILES string of the molecule is N#Cc1ccc(Nc2ncc(Br)cc2C(=O)O)c(Br)c1. The molecule has 5 nitrogen and oxygen atoms in total. The van der Waals surface area contributed by atoms with Gasteiger partial charge in [-0.25, -0.2) is 9.78 Å². The van der Waals surface area contributed by atoms with Gasteiger partial charge in [0.25, 0.3) is 0 Å². The standard InChI is InChI=1S/C13H7Br2N3O2/c14-8-4-9(13(19)20)12(17-6-8)18-11-2-1-7(5-16)3-10(11)15/h1-4,6H,(H,17,18)(H,19,20). The molecule has 0 aliphatic heterocycles. The topological polar surface area (TPSA) is 86.0 Å². The molecule has 2 aromatic rings. The Balaban J connectivity index is 2.40. The predicted octanol–water partition coefficient (Wildman–Crippen LogP) is 3.92. The molecule has 7 heteroatoms. The second-order valence-corrected chi connectivity index (χ2v) is 5.56. The molecular weight excluding hydrogens is 390 g/mol. The lowest BCUT2D eigenvalue weighted by molar-refractivity contribution is 0.0697. The number of hydrogen-bond acceptors (Lipinski definition) is 4. The second kappa shape index (κ2) is 6.03. The Morgan fingerprint density at radius 2 is 2.10 bits per heavy atom. The van der Waals surface area contributed by atoms with E-state index in [2.05, 4.69) is 42.2 Å². The lowest BCUT2D eigenvalue weighted by Gasteiger charge is -2.10. The van der Waals surface area contributed by atoms with Gasteiger partial charge in [-0.15, -0.1) is 0 Å². The van der Waals surface area contributed by atoms with Crippen LogP contribution >= 0.6 is 31.9 Å². The summed E-state index contributed by atoms with van der Waals surface area (Å²) in [7, 11) is 0. The van der Waals surface area contributed by atoms with E-state index in [1.54, 1.807) is 18.2 Å². The number of nitrogens with zero attached hydrogens (tertiary/aromatic N) is 2. The number of nitrogens with one attached hydrogen (secondary N) is 1. The lowest BCUT2D eigenvalue weighted by Crippen LogP contribution is -2.05. The molecule has 2 N–H and O–H groups in total. The number of nitriles is 1. The fraction of sp³-hybridized carbons (Fsp3) is 0. The summed E-state index contributed by atoms with van der Waals surface area (Å²) in [6.45, 7) is 0. The van der Waals surface area contributed by atoms with E-state index in [1.807, 2.05) is 6.07 Å². The van der Waals surface area contributed by atoms with Crippen LogP contribution in [0.25, 0.3) is 0 Å². The van der Waals surface area contributed by atoms with Crippen molar-refractivity contribution in [2.45, 2.75) is 0 Å². The third kappa shape index (κ3) is 3.15. The van der Waals surface area contributed by atoms with Gasteiger partial charge in [-0.1, -0.05) is 0 Å². The minimum atomic E-state index is -1.08. The van der Waals surface area contributed by atoms with E-state index in [4.69, 9.17) is 10.4 Å². The first-order valence-electron chi connectivity index (χ1n) is 5.37. The summed E-state index contributed by atoms with van der Waals surface area (Å²) in [5.74, 6) is -0.850. The van der Waals surface area contributed by atoms with Gasteiger partial charge in [0.2, 0.25) is 0 Å². The molecule has 2 rings (SSSR count). The lowest BCUT2D eigenvalue weighted by atomic mass is 10.2. The Labute approximate surface area is 131 Å². The number of carbonyl (C=O) groups is 1. The third-order valence-electron chi connectivity index (χ3n) is 2.44. The highest BCUT2D eigenvalue weighted by Gasteiger charge is 2.13. The van der Waals surface area contributed by atoms with Crippen LogP contribution in [0.15, 0.2) is 39.4 Å². The number of carboxylic acids is 1. The van der Waals surface area contributed by atoms with Gasteiger partial charge in [0.1, 0.15) is 11.4 Å². The van der Waals surface area contributed by atoms with Gasteiger partial charge in [0.05, 0.1) is 17.3 Å². The molecule has 0 amide bonds. The summed E-state index contributed by atoms with van der Waals surface area (Å²) in [5.41, 5.74) is 1.18. The first-order valence-corrected chi connectivity index (χ1v) is 6.95. The van der Waals surface area contributed by atoms with Gasteiger partial charge in [-0.05, 0) is 56.1 Å². The summed E-state index contributed by atoms with van der Waals surface area (Å²) in [6, 6.07) is 8.44. The Morgan fingerprint density at radius 3 is 2.70 bits per heavy atom. The molecule has 0 spiro atoms. The van der Waals surface area contributed by atoms with Crippen LogP contribution in [0, 0.1) is 11.3 Å². The molecule has 1 aromatic carbocycles. The van der Waals surface area contributed by atoms with Gasteiger partial charge in [0.15, 0.2) is 0 Å². The molecule has 0 saturated heterocycles. The van der Waals surface area contributed by atoms with Gasteiger partial charge in [-0.2, -0.15) is 5.26 Å². The van der Waals surface area contributed by atoms with Gasteiger partial charge in [-0.3, -0.25) is 0 Å². The molecule has 0 atom stereocenters. The largest absolute Gasteiger partial charge is 0.478 e. The first-order chi connectivity index (χ1) is 9.51. The molecular formula is C13H7Br2N3O2. The van der Waals surface area contributed by atoms with Crippen LogP contribution in [0.5, 0.6) is 0 Å². The van der Waals surface area contributed by atoms with Gasteiger partial charge >= 0.3 is 5.97 Å². The number of aromatic nitrogens is 1. The predicted molar refractivity (Wildman–Crippen MR) is 81.0 cm³/mol. The maximum Gasteiger partial charge on any atom is 0.339 e. The van der Waals surface area contributed by atoms with E-state index < -0.39 is 5.97 Å². The van der Waals surface area contributed by atoms with Crippen molar-refractivity contribution in [2.75, 3.05) is 5.32 Å². The van der Waals surface area contributed by atoms with Gasteiger partial charge in [0, 0.05) is 15.1 Å². The molecule has 0 saturated carbocycles. The van der Waals surface area contributed by atoms with Gasteiger partial charge < -0.3 is 10.4 Å². The molecule has 0 fully saturated rings. The number of carboxylic acid groups (broad SMARTS) is 1. The van der Waals surface area contributed by atoms with Crippen LogP contribution < -0.4 is 5.32 Å².